The van der Waals surface area contributed by atoms with Crippen LogP contribution in [-0.4, -0.2) is 55.8 Å². The van der Waals surface area contributed by atoms with E-state index in [1.165, 1.54) is 15.6 Å². The van der Waals surface area contributed by atoms with Crippen molar-refractivity contribution >= 4 is 32.3 Å². The molecule has 2 aromatic rings. The average Bonchev–Trinajstić information content (AvgIpc) is 3.10. The molecular weight excluding hydrogens is 374 g/mol. The molecule has 1 aromatic heterocycles. The van der Waals surface area contributed by atoms with Gasteiger partial charge in [0.05, 0.1) is 41.3 Å². The minimum atomic E-state index is -3.76. The van der Waals surface area contributed by atoms with Crippen LogP contribution in [0.5, 0.6) is 0 Å². The number of fused-ring (bicyclic) bond motifs is 1. The normalized spacial score (nSPS) is 21.7. The summed E-state index contributed by atoms with van der Waals surface area (Å²) in [4.78, 5) is 20.2. The molecule has 1 atom stereocenters. The number of hydrogen-bond donors (Lipinski definition) is 0. The maximum absolute atomic E-state index is 13.0. The zero-order valence-electron chi connectivity index (χ0n) is 14.3. The molecule has 7 nitrogen and oxygen atoms in total. The minimum absolute atomic E-state index is 0.111. The lowest BCUT2D eigenvalue weighted by atomic mass is 10.1. The number of Topliss-reactive ketones (excluding diaryl/α,β-unsaturated/α-hetero) is 1. The van der Waals surface area contributed by atoms with Gasteiger partial charge in [-0.1, -0.05) is 29.5 Å². The van der Waals surface area contributed by atoms with E-state index in [-0.39, 0.29) is 17.2 Å². The summed E-state index contributed by atoms with van der Waals surface area (Å²) in [6.07, 6.45) is 0. The highest BCUT2D eigenvalue weighted by atomic mass is 32.2. The van der Waals surface area contributed by atoms with Crippen LogP contribution in [0.15, 0.2) is 35.2 Å². The Kier molecular flexibility index (Phi) is 4.55. The van der Waals surface area contributed by atoms with Gasteiger partial charge in [-0.25, -0.2) is 13.4 Å². The Morgan fingerprint density at radius 2 is 1.88 bits per heavy atom. The van der Waals surface area contributed by atoms with E-state index in [4.69, 9.17) is 4.74 Å². The van der Waals surface area contributed by atoms with Crippen molar-refractivity contribution < 1.29 is 17.9 Å². The maximum Gasteiger partial charge on any atom is 0.244 e. The molecule has 1 fully saturated rings. The third-order valence-corrected chi connectivity index (χ3v) is 7.76. The van der Waals surface area contributed by atoms with Crippen LogP contribution >= 0.6 is 11.3 Å². The zero-order valence-corrected chi connectivity index (χ0v) is 15.9. The number of ketones is 1. The summed E-state index contributed by atoms with van der Waals surface area (Å²) in [5.74, 6) is -0.192. The van der Waals surface area contributed by atoms with E-state index in [2.05, 4.69) is 9.88 Å². The van der Waals surface area contributed by atoms with E-state index in [1.807, 2.05) is 0 Å². The van der Waals surface area contributed by atoms with Crippen molar-refractivity contribution in [2.75, 3.05) is 31.2 Å². The SMILES string of the molecule is C[C@H]1C(=O)c2sc(N3CCOCC3)nc2CN1S(=O)(=O)c1ccccc1. The van der Waals surface area contributed by atoms with E-state index in [0.717, 1.165) is 18.2 Å². The molecule has 1 saturated heterocycles. The first-order valence-corrected chi connectivity index (χ1v) is 10.7. The van der Waals surface area contributed by atoms with E-state index in [9.17, 15) is 13.2 Å². The first-order valence-electron chi connectivity index (χ1n) is 8.42. The number of sulfonamides is 1. The Balaban J connectivity index is 1.68. The molecule has 2 aliphatic heterocycles. The number of nitrogens with zero attached hydrogens (tertiary/aromatic N) is 3. The molecule has 0 N–H and O–H groups in total. The number of carbonyl (C=O) groups excluding carboxylic acids is 1. The van der Waals surface area contributed by atoms with E-state index >= 15 is 0 Å². The zero-order chi connectivity index (χ0) is 18.3. The minimum Gasteiger partial charge on any atom is -0.378 e. The van der Waals surface area contributed by atoms with Gasteiger partial charge in [0.1, 0.15) is 0 Å². The predicted octanol–water partition coefficient (Wildman–Crippen LogP) is 1.76. The second-order valence-corrected chi connectivity index (χ2v) is 9.14. The van der Waals surface area contributed by atoms with Crippen LogP contribution in [0.25, 0.3) is 0 Å². The van der Waals surface area contributed by atoms with Crippen LogP contribution < -0.4 is 4.90 Å². The third kappa shape index (κ3) is 2.94. The van der Waals surface area contributed by atoms with Crippen molar-refractivity contribution in [3.63, 3.8) is 0 Å². The summed E-state index contributed by atoms with van der Waals surface area (Å²) >= 11 is 1.35. The quantitative estimate of drug-likeness (QED) is 0.791. The second kappa shape index (κ2) is 6.73. The Bertz CT molecular complexity index is 921. The van der Waals surface area contributed by atoms with Gasteiger partial charge in [-0.2, -0.15) is 4.31 Å². The summed E-state index contributed by atoms with van der Waals surface area (Å²) in [7, 11) is -3.76. The van der Waals surface area contributed by atoms with Crippen LogP contribution in [0.1, 0.15) is 22.3 Å². The van der Waals surface area contributed by atoms with Gasteiger partial charge in [0.25, 0.3) is 0 Å². The molecule has 9 heteroatoms. The van der Waals surface area contributed by atoms with Crippen LogP contribution in [0.4, 0.5) is 5.13 Å². The average molecular weight is 393 g/mol. The Morgan fingerprint density at radius 1 is 1.19 bits per heavy atom. The van der Waals surface area contributed by atoms with E-state index in [0.29, 0.717) is 23.8 Å². The molecule has 3 heterocycles. The number of morpholine rings is 1. The van der Waals surface area contributed by atoms with Crippen LogP contribution in [-0.2, 0) is 21.3 Å². The number of hydrogen-bond acceptors (Lipinski definition) is 7. The van der Waals surface area contributed by atoms with Gasteiger partial charge < -0.3 is 9.64 Å². The molecule has 0 unspecified atom stereocenters. The molecule has 138 valence electrons. The topological polar surface area (TPSA) is 79.8 Å². The van der Waals surface area contributed by atoms with Gasteiger partial charge in [0, 0.05) is 13.1 Å². The van der Waals surface area contributed by atoms with Crippen LogP contribution in [0.3, 0.4) is 0 Å². The number of ether oxygens (including phenoxy) is 1. The molecule has 0 bridgehead atoms. The maximum atomic E-state index is 13.0. The number of benzene rings is 1. The number of anilines is 1. The Labute approximate surface area is 156 Å². The number of thiazole rings is 1. The van der Waals surface area contributed by atoms with Crippen molar-refractivity contribution in [1.29, 1.82) is 0 Å². The number of carbonyl (C=O) groups is 1. The van der Waals surface area contributed by atoms with Crippen LogP contribution in [0.2, 0.25) is 0 Å². The van der Waals surface area contributed by atoms with Crippen molar-refractivity contribution in [3.05, 3.63) is 40.9 Å². The molecule has 2 aliphatic rings. The van der Waals surface area contributed by atoms with Gasteiger partial charge >= 0.3 is 0 Å². The Hall–Kier alpha value is -1.81. The van der Waals surface area contributed by atoms with Gasteiger partial charge in [-0.15, -0.1) is 0 Å². The molecule has 4 rings (SSSR count). The molecule has 0 spiro atoms. The molecule has 0 aliphatic carbocycles. The largest absolute Gasteiger partial charge is 0.378 e. The highest BCUT2D eigenvalue weighted by molar-refractivity contribution is 7.89. The fourth-order valence-electron chi connectivity index (χ4n) is 3.15. The van der Waals surface area contributed by atoms with Crippen LogP contribution in [0, 0.1) is 0 Å². The van der Waals surface area contributed by atoms with Gasteiger partial charge in [0.15, 0.2) is 10.9 Å². The summed E-state index contributed by atoms with van der Waals surface area (Å²) in [6, 6.07) is 7.45. The Morgan fingerprint density at radius 3 is 2.58 bits per heavy atom. The summed E-state index contributed by atoms with van der Waals surface area (Å²) in [5.41, 5.74) is 0.541. The predicted molar refractivity (Wildman–Crippen MR) is 98.1 cm³/mol. The van der Waals surface area contributed by atoms with Gasteiger partial charge in [0.2, 0.25) is 10.0 Å². The van der Waals surface area contributed by atoms with Gasteiger partial charge in [-0.05, 0) is 19.1 Å². The van der Waals surface area contributed by atoms with Crippen molar-refractivity contribution in [2.45, 2.75) is 24.4 Å². The molecule has 0 saturated carbocycles. The van der Waals surface area contributed by atoms with Crippen molar-refractivity contribution in [1.82, 2.24) is 9.29 Å². The fraction of sp³-hybridized carbons (Fsp3) is 0.412. The van der Waals surface area contributed by atoms with E-state index < -0.39 is 16.1 Å². The number of aromatic nitrogens is 1. The molecule has 26 heavy (non-hydrogen) atoms. The monoisotopic (exact) mass is 393 g/mol. The van der Waals surface area contributed by atoms with Crippen molar-refractivity contribution in [2.24, 2.45) is 0 Å². The highest BCUT2D eigenvalue weighted by Gasteiger charge is 2.40. The molecule has 1 aromatic carbocycles. The van der Waals surface area contributed by atoms with E-state index in [1.54, 1.807) is 37.3 Å². The number of rotatable bonds is 3. The molecule has 0 radical (unpaired) electrons. The highest BCUT2D eigenvalue weighted by Crippen LogP contribution is 2.35. The smallest absolute Gasteiger partial charge is 0.244 e. The lowest BCUT2D eigenvalue weighted by Gasteiger charge is -2.30. The standard InChI is InChI=1S/C17H19N3O4S2/c1-12-15(21)16-14(18-17(25-16)19-7-9-24-10-8-19)11-20(12)26(22,23)13-5-3-2-4-6-13/h2-6,12H,7-11H2,1H3/t12-/m0/s1. The first-order chi connectivity index (χ1) is 12.5. The lowest BCUT2D eigenvalue weighted by Crippen LogP contribution is -2.46. The first kappa shape index (κ1) is 17.6. The summed E-state index contributed by atoms with van der Waals surface area (Å²) < 4.78 is 32.6. The fourth-order valence-corrected chi connectivity index (χ4v) is 5.88. The summed E-state index contributed by atoms with van der Waals surface area (Å²) in [5, 5.41) is 0.762. The third-order valence-electron chi connectivity index (χ3n) is 4.66. The van der Waals surface area contributed by atoms with Crippen molar-refractivity contribution in [3.8, 4) is 0 Å². The van der Waals surface area contributed by atoms with Gasteiger partial charge in [-0.3, -0.25) is 4.79 Å². The lowest BCUT2D eigenvalue weighted by molar-refractivity contribution is 0.0887. The molecule has 0 amide bonds. The second-order valence-electron chi connectivity index (χ2n) is 6.28. The molecular formula is C17H19N3O4S2. The summed E-state index contributed by atoms with van der Waals surface area (Å²) in [6.45, 7) is 4.46.